The van der Waals surface area contributed by atoms with E-state index >= 15 is 0 Å². The van der Waals surface area contributed by atoms with Crippen molar-refractivity contribution in [1.82, 2.24) is 19.4 Å². The van der Waals surface area contributed by atoms with Crippen LogP contribution in [0.4, 0.5) is 0 Å². The monoisotopic (exact) mass is 350 g/mol. The van der Waals surface area contributed by atoms with Crippen LogP contribution in [0.5, 0.6) is 0 Å². The van der Waals surface area contributed by atoms with Gasteiger partial charge in [0.25, 0.3) is 5.56 Å². The molecule has 2 aromatic heterocycles. The van der Waals surface area contributed by atoms with Crippen LogP contribution < -0.4 is 5.56 Å². The van der Waals surface area contributed by atoms with E-state index in [1.54, 1.807) is 18.0 Å². The quantitative estimate of drug-likeness (QED) is 0.751. The highest BCUT2D eigenvalue weighted by atomic mass is 32.1. The van der Waals surface area contributed by atoms with Gasteiger partial charge >= 0.3 is 0 Å². The molecule has 24 heavy (non-hydrogen) atoms. The molecule has 0 saturated heterocycles. The molecule has 0 bridgehead atoms. The van der Waals surface area contributed by atoms with Crippen LogP contribution in [0.1, 0.15) is 20.3 Å². The largest absolute Gasteiger partial charge is 0.342 e. The van der Waals surface area contributed by atoms with Gasteiger partial charge < -0.3 is 9.80 Å². The maximum absolute atomic E-state index is 12.3. The summed E-state index contributed by atoms with van der Waals surface area (Å²) in [6, 6.07) is 1.74. The lowest BCUT2D eigenvalue weighted by Crippen LogP contribution is -2.41. The summed E-state index contributed by atoms with van der Waals surface area (Å²) in [5.74, 6) is -0.248. The van der Waals surface area contributed by atoms with Crippen LogP contribution in [0.3, 0.4) is 0 Å². The Morgan fingerprint density at radius 2 is 1.96 bits per heavy atom. The molecule has 8 heteroatoms. The smallest absolute Gasteiger partial charge is 0.262 e. The highest BCUT2D eigenvalue weighted by molar-refractivity contribution is 7.16. The lowest BCUT2D eigenvalue weighted by molar-refractivity contribution is -0.139. The third-order valence-corrected chi connectivity index (χ3v) is 4.75. The molecule has 2 rings (SSSR count). The van der Waals surface area contributed by atoms with Crippen molar-refractivity contribution in [3.05, 3.63) is 28.1 Å². The first-order valence-electron chi connectivity index (χ1n) is 7.92. The van der Waals surface area contributed by atoms with E-state index in [0.29, 0.717) is 23.3 Å². The van der Waals surface area contributed by atoms with Crippen molar-refractivity contribution in [3.8, 4) is 0 Å². The zero-order chi connectivity index (χ0) is 17.7. The maximum Gasteiger partial charge on any atom is 0.262 e. The Balaban J connectivity index is 1.95. The lowest BCUT2D eigenvalue weighted by Gasteiger charge is -2.23. The second kappa shape index (κ2) is 8.05. The Morgan fingerprint density at radius 1 is 1.25 bits per heavy atom. The average molecular weight is 350 g/mol. The molecule has 2 amide bonds. The number of amides is 2. The number of hydrogen-bond donors (Lipinski definition) is 0. The first kappa shape index (κ1) is 18.1. The Kier molecular flexibility index (Phi) is 6.08. The SMILES string of the molecule is CCN(CC)C(=O)CN(C)C(=O)CCn1cnc2sccc2c1=O. The third kappa shape index (κ3) is 4.00. The second-order valence-corrected chi connectivity index (χ2v) is 6.34. The van der Waals surface area contributed by atoms with Crippen molar-refractivity contribution in [1.29, 1.82) is 0 Å². The molecule has 0 spiro atoms. The number of carbonyl (C=O) groups excluding carboxylic acids is 2. The summed E-state index contributed by atoms with van der Waals surface area (Å²) >= 11 is 1.41. The Morgan fingerprint density at radius 3 is 2.62 bits per heavy atom. The van der Waals surface area contributed by atoms with Gasteiger partial charge in [-0.3, -0.25) is 19.0 Å². The van der Waals surface area contributed by atoms with Crippen molar-refractivity contribution in [2.24, 2.45) is 0 Å². The summed E-state index contributed by atoms with van der Waals surface area (Å²) < 4.78 is 1.44. The van der Waals surface area contributed by atoms with Gasteiger partial charge in [0.15, 0.2) is 0 Å². The number of hydrogen-bond acceptors (Lipinski definition) is 5. The fraction of sp³-hybridized carbons (Fsp3) is 0.500. The van der Waals surface area contributed by atoms with E-state index in [2.05, 4.69) is 4.98 Å². The lowest BCUT2D eigenvalue weighted by atomic mass is 10.3. The molecule has 0 aliphatic heterocycles. The molecule has 0 aliphatic rings. The fourth-order valence-corrected chi connectivity index (χ4v) is 3.15. The normalized spacial score (nSPS) is 10.8. The molecule has 2 aromatic rings. The summed E-state index contributed by atoms with van der Waals surface area (Å²) in [6.45, 7) is 5.36. The van der Waals surface area contributed by atoms with Crippen LogP contribution >= 0.6 is 11.3 Å². The zero-order valence-electron chi connectivity index (χ0n) is 14.2. The van der Waals surface area contributed by atoms with Gasteiger partial charge in [0.05, 0.1) is 18.3 Å². The number of likely N-dealkylation sites (N-methyl/N-ethyl adjacent to an activating group) is 2. The second-order valence-electron chi connectivity index (χ2n) is 5.45. The Bertz CT molecular complexity index is 779. The van der Waals surface area contributed by atoms with E-state index in [1.807, 2.05) is 19.2 Å². The van der Waals surface area contributed by atoms with Crippen LogP contribution in [0.2, 0.25) is 0 Å². The summed E-state index contributed by atoms with van der Waals surface area (Å²) in [5.41, 5.74) is -0.143. The van der Waals surface area contributed by atoms with Crippen LogP contribution in [0.15, 0.2) is 22.6 Å². The Hall–Kier alpha value is -2.22. The minimum absolute atomic E-state index is 0.0528. The summed E-state index contributed by atoms with van der Waals surface area (Å²) in [4.78, 5) is 44.5. The minimum atomic E-state index is -0.173. The van der Waals surface area contributed by atoms with Gasteiger partial charge in [0, 0.05) is 33.1 Å². The highest BCUT2D eigenvalue weighted by Crippen LogP contribution is 2.13. The maximum atomic E-state index is 12.3. The molecule has 0 N–H and O–H groups in total. The van der Waals surface area contributed by atoms with E-state index in [0.717, 1.165) is 0 Å². The van der Waals surface area contributed by atoms with Gasteiger partial charge in [-0.1, -0.05) is 0 Å². The highest BCUT2D eigenvalue weighted by Gasteiger charge is 2.16. The van der Waals surface area contributed by atoms with Crippen LogP contribution in [-0.4, -0.2) is 57.8 Å². The van der Waals surface area contributed by atoms with Gasteiger partial charge in [-0.25, -0.2) is 4.98 Å². The number of aryl methyl sites for hydroxylation is 1. The van der Waals surface area contributed by atoms with Crippen molar-refractivity contribution in [2.75, 3.05) is 26.7 Å². The third-order valence-electron chi connectivity index (χ3n) is 3.93. The van der Waals surface area contributed by atoms with Crippen LogP contribution in [0, 0.1) is 0 Å². The summed E-state index contributed by atoms with van der Waals surface area (Å²) in [5, 5.41) is 2.39. The number of thiophene rings is 1. The standard InChI is InChI=1S/C16H22N4O3S/c1-4-19(5-2)14(22)10-18(3)13(21)6-8-20-11-17-15-12(16(20)23)7-9-24-15/h7,9,11H,4-6,8,10H2,1-3H3. The molecular formula is C16H22N4O3S. The average Bonchev–Trinajstić information content (AvgIpc) is 3.04. The molecule has 130 valence electrons. The first-order chi connectivity index (χ1) is 11.5. The topological polar surface area (TPSA) is 75.5 Å². The van der Waals surface area contributed by atoms with Crippen molar-refractivity contribution in [2.45, 2.75) is 26.8 Å². The molecule has 0 radical (unpaired) electrons. The zero-order valence-corrected chi connectivity index (χ0v) is 15.0. The van der Waals surface area contributed by atoms with Crippen LogP contribution in [0.25, 0.3) is 10.2 Å². The Labute approximate surface area is 144 Å². The number of aromatic nitrogens is 2. The van der Waals surface area contributed by atoms with Crippen molar-refractivity contribution >= 4 is 33.4 Å². The van der Waals surface area contributed by atoms with Gasteiger partial charge in [0.2, 0.25) is 11.8 Å². The summed E-state index contributed by atoms with van der Waals surface area (Å²) in [6.07, 6.45) is 1.62. The van der Waals surface area contributed by atoms with E-state index in [-0.39, 0.29) is 36.9 Å². The van der Waals surface area contributed by atoms with E-state index in [9.17, 15) is 14.4 Å². The van der Waals surface area contributed by atoms with Gasteiger partial charge in [-0.2, -0.15) is 0 Å². The molecular weight excluding hydrogens is 328 g/mol. The number of carbonyl (C=O) groups is 2. The van der Waals surface area contributed by atoms with E-state index in [1.165, 1.54) is 27.1 Å². The molecule has 0 unspecified atom stereocenters. The predicted octanol–water partition coefficient (Wildman–Crippen LogP) is 1.17. The molecule has 0 fully saturated rings. The number of fused-ring (bicyclic) bond motifs is 1. The number of nitrogens with zero attached hydrogens (tertiary/aromatic N) is 4. The summed E-state index contributed by atoms with van der Waals surface area (Å²) in [7, 11) is 1.60. The predicted molar refractivity (Wildman–Crippen MR) is 94.1 cm³/mol. The van der Waals surface area contributed by atoms with Gasteiger partial charge in [-0.05, 0) is 25.3 Å². The van der Waals surface area contributed by atoms with Crippen molar-refractivity contribution in [3.63, 3.8) is 0 Å². The molecule has 0 aliphatic carbocycles. The fourth-order valence-electron chi connectivity index (χ4n) is 2.43. The molecule has 0 saturated carbocycles. The molecule has 7 nitrogen and oxygen atoms in total. The van der Waals surface area contributed by atoms with Crippen molar-refractivity contribution < 1.29 is 9.59 Å². The van der Waals surface area contributed by atoms with Gasteiger partial charge in [-0.15, -0.1) is 11.3 Å². The number of rotatable bonds is 7. The van der Waals surface area contributed by atoms with E-state index in [4.69, 9.17) is 0 Å². The molecule has 2 heterocycles. The first-order valence-corrected chi connectivity index (χ1v) is 8.80. The molecule has 0 aromatic carbocycles. The molecule has 0 atom stereocenters. The van der Waals surface area contributed by atoms with Gasteiger partial charge in [0.1, 0.15) is 4.83 Å². The minimum Gasteiger partial charge on any atom is -0.342 e. The van der Waals surface area contributed by atoms with E-state index < -0.39 is 0 Å². The van der Waals surface area contributed by atoms with Crippen LogP contribution in [-0.2, 0) is 16.1 Å².